The lowest BCUT2D eigenvalue weighted by Crippen LogP contribution is -2.33. The number of hydrogen-bond acceptors (Lipinski definition) is 7. The molecule has 2 aromatic rings. The first-order chi connectivity index (χ1) is 14.2. The van der Waals surface area contributed by atoms with Crippen LogP contribution >= 0.6 is 0 Å². The summed E-state index contributed by atoms with van der Waals surface area (Å²) in [5.41, 5.74) is 1.14. The molecule has 1 aliphatic rings. The average Bonchev–Trinajstić information content (AvgIpc) is 2.99. The van der Waals surface area contributed by atoms with E-state index in [1.165, 1.54) is 6.26 Å². The summed E-state index contributed by atoms with van der Waals surface area (Å²) in [6.07, 6.45) is 1.93. The summed E-state index contributed by atoms with van der Waals surface area (Å²) in [7, 11) is -0.0945. The van der Waals surface area contributed by atoms with Crippen LogP contribution < -0.4 is 14.2 Å². The zero-order chi connectivity index (χ0) is 21.9. The van der Waals surface area contributed by atoms with Crippen molar-refractivity contribution in [3.8, 4) is 11.5 Å². The van der Waals surface area contributed by atoms with Crippen molar-refractivity contribution in [1.29, 1.82) is 0 Å². The number of methoxy groups -OCH3 is 2. The van der Waals surface area contributed by atoms with E-state index in [0.717, 1.165) is 43.2 Å². The molecule has 1 N–H and O–H groups in total. The van der Waals surface area contributed by atoms with Crippen LogP contribution in [0.4, 0.5) is 0 Å². The van der Waals surface area contributed by atoms with E-state index in [4.69, 9.17) is 9.47 Å². The summed E-state index contributed by atoms with van der Waals surface area (Å²) < 4.78 is 39.2. The third-order valence-electron chi connectivity index (χ3n) is 5.29. The Morgan fingerprint density at radius 3 is 2.47 bits per heavy atom. The summed E-state index contributed by atoms with van der Waals surface area (Å²) >= 11 is 0. The fourth-order valence-corrected chi connectivity index (χ4v) is 4.57. The van der Waals surface area contributed by atoms with Crippen molar-refractivity contribution in [3.05, 3.63) is 35.4 Å². The molecule has 0 radical (unpaired) electrons. The lowest BCUT2D eigenvalue weighted by Gasteiger charge is -2.23. The van der Waals surface area contributed by atoms with E-state index < -0.39 is 16.1 Å². The Kier molecular flexibility index (Phi) is 6.99. The van der Waals surface area contributed by atoms with E-state index in [0.29, 0.717) is 18.1 Å². The zero-order valence-corrected chi connectivity index (χ0v) is 19.1. The van der Waals surface area contributed by atoms with Crippen LogP contribution in [0.15, 0.2) is 18.2 Å². The maximum absolute atomic E-state index is 11.8. The summed E-state index contributed by atoms with van der Waals surface area (Å²) in [4.78, 5) is 2.36. The topological polar surface area (TPSA) is 98.6 Å². The van der Waals surface area contributed by atoms with Crippen molar-refractivity contribution in [1.82, 2.24) is 24.4 Å². The molecule has 1 aromatic heterocycles. The van der Waals surface area contributed by atoms with Gasteiger partial charge in [0, 0.05) is 32.6 Å². The second kappa shape index (κ2) is 9.32. The van der Waals surface area contributed by atoms with Gasteiger partial charge in [-0.15, -0.1) is 10.2 Å². The number of nitrogens with zero attached hydrogens (tertiary/aromatic N) is 4. The van der Waals surface area contributed by atoms with Crippen molar-refractivity contribution in [2.75, 3.05) is 33.6 Å². The Bertz CT molecular complexity index is 974. The fraction of sp³-hybridized carbons (Fsp3) is 0.600. The Labute approximate surface area is 178 Å². The Hall–Kier alpha value is -2.17. The molecule has 10 heteroatoms. The molecule has 1 aromatic carbocycles. The van der Waals surface area contributed by atoms with Crippen molar-refractivity contribution in [2.24, 2.45) is 5.92 Å². The molecule has 0 fully saturated rings. The van der Waals surface area contributed by atoms with Crippen LogP contribution in [-0.4, -0.2) is 61.6 Å². The molecule has 0 saturated heterocycles. The van der Waals surface area contributed by atoms with Gasteiger partial charge >= 0.3 is 0 Å². The molecule has 0 unspecified atom stereocenters. The van der Waals surface area contributed by atoms with Gasteiger partial charge in [-0.2, -0.15) is 0 Å². The van der Waals surface area contributed by atoms with Crippen LogP contribution in [-0.2, 0) is 29.5 Å². The minimum absolute atomic E-state index is 0.0548. The number of hydrogen-bond donors (Lipinski definition) is 1. The molecule has 0 bridgehead atoms. The van der Waals surface area contributed by atoms with Crippen LogP contribution in [0, 0.1) is 5.92 Å². The van der Waals surface area contributed by atoms with Gasteiger partial charge in [0.05, 0.1) is 26.5 Å². The van der Waals surface area contributed by atoms with Crippen LogP contribution in [0.25, 0.3) is 0 Å². The van der Waals surface area contributed by atoms with Gasteiger partial charge in [0.15, 0.2) is 17.3 Å². The van der Waals surface area contributed by atoms with Crippen molar-refractivity contribution in [3.63, 3.8) is 0 Å². The van der Waals surface area contributed by atoms with Gasteiger partial charge < -0.3 is 14.0 Å². The number of rotatable bonds is 8. The van der Waals surface area contributed by atoms with Gasteiger partial charge in [0.25, 0.3) is 0 Å². The lowest BCUT2D eigenvalue weighted by atomic mass is 10.1. The molecule has 9 nitrogen and oxygen atoms in total. The zero-order valence-electron chi connectivity index (χ0n) is 18.3. The normalized spacial score (nSPS) is 16.2. The highest BCUT2D eigenvalue weighted by Crippen LogP contribution is 2.28. The van der Waals surface area contributed by atoms with E-state index in [9.17, 15) is 8.42 Å². The van der Waals surface area contributed by atoms with E-state index >= 15 is 0 Å². The first kappa shape index (κ1) is 22.5. The van der Waals surface area contributed by atoms with E-state index in [1.54, 1.807) is 14.2 Å². The molecule has 0 amide bonds. The third kappa shape index (κ3) is 5.30. The maximum Gasteiger partial charge on any atom is 0.209 e. The standard InChI is InChI=1S/C20H31N5O4S/c1-14(2)19(23-30(5,26)27)20-22-21-18-8-9-24(10-11-25(18)20)13-15-6-7-16(28-3)17(12-15)29-4/h6-7,12,14,19,23H,8-11,13H2,1-5H3/t19-/m1/s1. The highest BCUT2D eigenvalue weighted by Gasteiger charge is 2.28. The Balaban J connectivity index is 1.75. The Morgan fingerprint density at radius 2 is 1.83 bits per heavy atom. The SMILES string of the molecule is COc1ccc(CN2CCc3nnc([C@H](NS(C)(=O)=O)C(C)C)n3CC2)cc1OC. The highest BCUT2D eigenvalue weighted by atomic mass is 32.2. The molecule has 1 aliphatic heterocycles. The molecule has 30 heavy (non-hydrogen) atoms. The second-order valence-corrected chi connectivity index (χ2v) is 9.73. The third-order valence-corrected chi connectivity index (χ3v) is 5.97. The van der Waals surface area contributed by atoms with Gasteiger partial charge in [-0.05, 0) is 23.6 Å². The van der Waals surface area contributed by atoms with Crippen LogP contribution in [0.5, 0.6) is 11.5 Å². The number of ether oxygens (including phenoxy) is 2. The van der Waals surface area contributed by atoms with E-state index in [-0.39, 0.29) is 5.92 Å². The van der Waals surface area contributed by atoms with Gasteiger partial charge in [-0.25, -0.2) is 13.1 Å². The first-order valence-corrected chi connectivity index (χ1v) is 11.9. The second-order valence-electron chi connectivity index (χ2n) is 7.95. The number of aromatic nitrogens is 3. The maximum atomic E-state index is 11.8. The predicted molar refractivity (Wildman–Crippen MR) is 114 cm³/mol. The van der Waals surface area contributed by atoms with Crippen molar-refractivity contribution in [2.45, 2.75) is 39.4 Å². The van der Waals surface area contributed by atoms with E-state index in [2.05, 4.69) is 24.4 Å². The van der Waals surface area contributed by atoms with Crippen LogP contribution in [0.3, 0.4) is 0 Å². The summed E-state index contributed by atoms with van der Waals surface area (Å²) in [6.45, 7) is 7.10. The number of nitrogens with one attached hydrogen (secondary N) is 1. The Morgan fingerprint density at radius 1 is 1.10 bits per heavy atom. The van der Waals surface area contributed by atoms with Crippen molar-refractivity contribution >= 4 is 10.0 Å². The van der Waals surface area contributed by atoms with Gasteiger partial charge in [0.2, 0.25) is 10.0 Å². The van der Waals surface area contributed by atoms with Crippen molar-refractivity contribution < 1.29 is 17.9 Å². The minimum Gasteiger partial charge on any atom is -0.493 e. The highest BCUT2D eigenvalue weighted by molar-refractivity contribution is 7.88. The number of sulfonamides is 1. The lowest BCUT2D eigenvalue weighted by molar-refractivity contribution is 0.268. The average molecular weight is 438 g/mol. The molecule has 2 heterocycles. The monoisotopic (exact) mass is 437 g/mol. The number of fused-ring (bicyclic) bond motifs is 1. The molecule has 0 spiro atoms. The summed E-state index contributed by atoms with van der Waals surface area (Å²) in [6, 6.07) is 5.56. The molecule has 0 saturated carbocycles. The van der Waals surface area contributed by atoms with Crippen LogP contribution in [0.1, 0.15) is 37.1 Å². The van der Waals surface area contributed by atoms with Crippen LogP contribution in [0.2, 0.25) is 0 Å². The molecule has 3 rings (SSSR count). The first-order valence-electron chi connectivity index (χ1n) is 10.0. The molecule has 1 atom stereocenters. The molecule has 0 aliphatic carbocycles. The summed E-state index contributed by atoms with van der Waals surface area (Å²) in [5.74, 6) is 3.06. The predicted octanol–water partition coefficient (Wildman–Crippen LogP) is 1.60. The van der Waals surface area contributed by atoms with Gasteiger partial charge in [0.1, 0.15) is 5.82 Å². The summed E-state index contributed by atoms with van der Waals surface area (Å²) in [5, 5.41) is 8.69. The number of benzene rings is 1. The molecular weight excluding hydrogens is 406 g/mol. The molecule has 166 valence electrons. The molecular formula is C20H31N5O4S. The van der Waals surface area contributed by atoms with Gasteiger partial charge in [-0.1, -0.05) is 19.9 Å². The van der Waals surface area contributed by atoms with E-state index in [1.807, 2.05) is 32.0 Å². The minimum atomic E-state index is -3.36. The quantitative estimate of drug-likeness (QED) is 0.670. The largest absolute Gasteiger partial charge is 0.493 e. The smallest absolute Gasteiger partial charge is 0.209 e. The fourth-order valence-electron chi connectivity index (χ4n) is 3.73. The van der Waals surface area contributed by atoms with Gasteiger partial charge in [-0.3, -0.25) is 4.90 Å².